The number of carbonyl (C=O) groups is 1. The molecule has 0 spiro atoms. The number of amides is 1. The molecule has 4 nitrogen and oxygen atoms in total. The number of rotatable bonds is 3. The zero-order valence-corrected chi connectivity index (χ0v) is 11.9. The second-order valence-corrected chi connectivity index (χ2v) is 5.99. The van der Waals surface area contributed by atoms with E-state index in [1.807, 2.05) is 0 Å². The molecule has 1 aromatic rings. The van der Waals surface area contributed by atoms with Crippen molar-refractivity contribution in [1.82, 2.24) is 4.90 Å². The predicted octanol–water partition coefficient (Wildman–Crippen LogP) is 1.82. The maximum absolute atomic E-state index is 13.0. The zero-order chi connectivity index (χ0) is 14.8. The van der Waals surface area contributed by atoms with E-state index in [-0.39, 0.29) is 36.3 Å². The van der Waals surface area contributed by atoms with Crippen LogP contribution < -0.4 is 4.74 Å². The lowest BCUT2D eigenvalue weighted by Crippen LogP contribution is -2.54. The number of carbonyl (C=O) groups excluding carboxylic acids is 1. The predicted molar refractivity (Wildman–Crippen MR) is 75.3 cm³/mol. The Hall–Kier alpha value is -1.62. The third-order valence-electron chi connectivity index (χ3n) is 4.54. The molecule has 1 N–H and O–H groups in total. The van der Waals surface area contributed by atoms with E-state index in [1.165, 1.54) is 12.1 Å². The van der Waals surface area contributed by atoms with Crippen LogP contribution in [0.4, 0.5) is 4.39 Å². The Morgan fingerprint density at radius 1 is 1.33 bits per heavy atom. The number of ether oxygens (including phenoxy) is 1. The average Bonchev–Trinajstić information content (AvgIpc) is 2.44. The first-order chi connectivity index (χ1) is 10.1. The molecule has 1 saturated heterocycles. The Labute approximate surface area is 123 Å². The van der Waals surface area contributed by atoms with Gasteiger partial charge in [-0.25, -0.2) is 4.39 Å². The third-order valence-corrected chi connectivity index (χ3v) is 4.54. The summed E-state index contributed by atoms with van der Waals surface area (Å²) in [6.45, 7) is 1.12. The number of hydrogen-bond donors (Lipinski definition) is 1. The van der Waals surface area contributed by atoms with Crippen molar-refractivity contribution in [2.24, 2.45) is 11.8 Å². The highest BCUT2D eigenvalue weighted by Crippen LogP contribution is 2.34. The number of aliphatic hydroxyl groups excluding tert-OH is 1. The summed E-state index contributed by atoms with van der Waals surface area (Å²) < 4.78 is 18.4. The van der Waals surface area contributed by atoms with Gasteiger partial charge in [0.25, 0.3) is 5.91 Å². The highest BCUT2D eigenvalue weighted by molar-refractivity contribution is 5.78. The van der Waals surface area contributed by atoms with Gasteiger partial charge in [-0.15, -0.1) is 0 Å². The molecule has 1 aliphatic heterocycles. The van der Waals surface area contributed by atoms with Gasteiger partial charge < -0.3 is 14.7 Å². The van der Waals surface area contributed by atoms with Crippen LogP contribution in [0.15, 0.2) is 24.3 Å². The monoisotopic (exact) mass is 293 g/mol. The molecule has 21 heavy (non-hydrogen) atoms. The van der Waals surface area contributed by atoms with Crippen LogP contribution in [0.5, 0.6) is 5.75 Å². The minimum Gasteiger partial charge on any atom is -0.484 e. The number of piperidine rings is 1. The van der Waals surface area contributed by atoms with Crippen LogP contribution in [-0.4, -0.2) is 41.7 Å². The van der Waals surface area contributed by atoms with E-state index >= 15 is 0 Å². The first kappa shape index (κ1) is 14.3. The molecule has 2 aliphatic rings. The summed E-state index contributed by atoms with van der Waals surface area (Å²) >= 11 is 0. The molecule has 114 valence electrons. The van der Waals surface area contributed by atoms with Gasteiger partial charge in [0.1, 0.15) is 11.6 Å². The molecule has 5 heteroatoms. The van der Waals surface area contributed by atoms with Crippen molar-refractivity contribution in [2.75, 3.05) is 19.7 Å². The molecule has 0 aromatic heterocycles. The van der Waals surface area contributed by atoms with Crippen LogP contribution in [0.2, 0.25) is 0 Å². The molecule has 2 fully saturated rings. The van der Waals surface area contributed by atoms with E-state index in [4.69, 9.17) is 4.74 Å². The van der Waals surface area contributed by atoms with Crippen molar-refractivity contribution in [1.29, 1.82) is 0 Å². The van der Waals surface area contributed by atoms with Crippen molar-refractivity contribution < 1.29 is 19.0 Å². The Kier molecular flexibility index (Phi) is 4.10. The molecule has 0 radical (unpaired) electrons. The van der Waals surface area contributed by atoms with Crippen molar-refractivity contribution in [3.05, 3.63) is 30.1 Å². The van der Waals surface area contributed by atoms with E-state index in [9.17, 15) is 14.3 Å². The SMILES string of the molecule is O=C(COc1cccc(F)c1)N1CC2CCCC(C1)C2O. The van der Waals surface area contributed by atoms with Gasteiger partial charge in [-0.2, -0.15) is 0 Å². The first-order valence-electron chi connectivity index (χ1n) is 7.47. The van der Waals surface area contributed by atoms with Crippen LogP contribution >= 0.6 is 0 Å². The minimum absolute atomic E-state index is 0.0843. The molecule has 1 saturated carbocycles. The number of likely N-dealkylation sites (tertiary alicyclic amines) is 1. The van der Waals surface area contributed by atoms with Crippen LogP contribution in [-0.2, 0) is 4.79 Å². The molecule has 2 unspecified atom stereocenters. The van der Waals surface area contributed by atoms with Crippen LogP contribution in [0.3, 0.4) is 0 Å². The number of fused-ring (bicyclic) bond motifs is 2. The van der Waals surface area contributed by atoms with Crippen molar-refractivity contribution in [2.45, 2.75) is 25.4 Å². The normalized spacial score (nSPS) is 28.3. The molecule has 1 aromatic carbocycles. The fourth-order valence-electron chi connectivity index (χ4n) is 3.40. The van der Waals surface area contributed by atoms with E-state index in [2.05, 4.69) is 0 Å². The molecule has 1 heterocycles. The first-order valence-corrected chi connectivity index (χ1v) is 7.47. The number of halogens is 1. The lowest BCUT2D eigenvalue weighted by Gasteiger charge is -2.44. The maximum Gasteiger partial charge on any atom is 0.260 e. The van der Waals surface area contributed by atoms with Gasteiger partial charge in [-0.3, -0.25) is 4.79 Å². The van der Waals surface area contributed by atoms with E-state index < -0.39 is 0 Å². The van der Waals surface area contributed by atoms with Crippen molar-refractivity contribution in [3.63, 3.8) is 0 Å². The highest BCUT2D eigenvalue weighted by atomic mass is 19.1. The fourth-order valence-corrected chi connectivity index (χ4v) is 3.40. The Balaban J connectivity index is 1.56. The molecule has 2 bridgehead atoms. The van der Waals surface area contributed by atoms with Gasteiger partial charge in [-0.05, 0) is 25.0 Å². The Bertz CT molecular complexity index is 508. The van der Waals surface area contributed by atoms with E-state index in [1.54, 1.807) is 17.0 Å². The Morgan fingerprint density at radius 3 is 2.71 bits per heavy atom. The fraction of sp³-hybridized carbons (Fsp3) is 0.562. The molecule has 2 atom stereocenters. The molecular weight excluding hydrogens is 273 g/mol. The summed E-state index contributed by atoms with van der Waals surface area (Å²) in [5.74, 6) is 0.269. The lowest BCUT2D eigenvalue weighted by atomic mass is 9.75. The van der Waals surface area contributed by atoms with Crippen LogP contribution in [0.25, 0.3) is 0 Å². The van der Waals surface area contributed by atoms with Gasteiger partial charge in [-0.1, -0.05) is 12.5 Å². The van der Waals surface area contributed by atoms with Crippen LogP contribution in [0.1, 0.15) is 19.3 Å². The number of benzene rings is 1. The maximum atomic E-state index is 13.0. The second-order valence-electron chi connectivity index (χ2n) is 5.99. The summed E-state index contributed by atoms with van der Waals surface area (Å²) in [4.78, 5) is 14.0. The highest BCUT2D eigenvalue weighted by Gasteiger charge is 2.39. The van der Waals surface area contributed by atoms with Crippen LogP contribution in [0, 0.1) is 17.7 Å². The van der Waals surface area contributed by atoms with Crippen molar-refractivity contribution in [3.8, 4) is 5.75 Å². The minimum atomic E-state index is -0.379. The van der Waals surface area contributed by atoms with E-state index in [0.717, 1.165) is 19.3 Å². The van der Waals surface area contributed by atoms with E-state index in [0.29, 0.717) is 18.8 Å². The lowest BCUT2D eigenvalue weighted by molar-refractivity contribution is -0.141. The summed E-state index contributed by atoms with van der Waals surface area (Å²) in [5.41, 5.74) is 0. The number of nitrogens with zero attached hydrogens (tertiary/aromatic N) is 1. The average molecular weight is 293 g/mol. The van der Waals surface area contributed by atoms with Gasteiger partial charge in [0.05, 0.1) is 6.10 Å². The smallest absolute Gasteiger partial charge is 0.260 e. The second kappa shape index (κ2) is 6.02. The quantitative estimate of drug-likeness (QED) is 0.925. The number of aliphatic hydroxyl groups is 1. The Morgan fingerprint density at radius 2 is 2.05 bits per heavy atom. The van der Waals surface area contributed by atoms with Crippen molar-refractivity contribution >= 4 is 5.91 Å². The van der Waals surface area contributed by atoms with Gasteiger partial charge in [0, 0.05) is 31.0 Å². The summed E-state index contributed by atoms with van der Waals surface area (Å²) in [6, 6.07) is 5.78. The standard InChI is InChI=1S/C16H20FNO3/c17-13-5-2-6-14(7-13)21-10-15(19)18-8-11-3-1-4-12(9-18)16(11)20/h2,5-7,11-12,16,20H,1,3-4,8-10H2. The number of hydrogen-bond acceptors (Lipinski definition) is 3. The summed E-state index contributed by atoms with van der Waals surface area (Å²) in [5, 5.41) is 10.1. The molecular formula is C16H20FNO3. The zero-order valence-electron chi connectivity index (χ0n) is 11.9. The molecule has 3 rings (SSSR count). The molecule has 1 amide bonds. The van der Waals surface area contributed by atoms with Gasteiger partial charge in [0.2, 0.25) is 0 Å². The summed E-state index contributed by atoms with van der Waals surface area (Å²) in [7, 11) is 0. The topological polar surface area (TPSA) is 49.8 Å². The largest absolute Gasteiger partial charge is 0.484 e. The third kappa shape index (κ3) is 3.18. The van der Waals surface area contributed by atoms with Gasteiger partial charge >= 0.3 is 0 Å². The summed E-state index contributed by atoms with van der Waals surface area (Å²) in [6.07, 6.45) is 2.82. The van der Waals surface area contributed by atoms with Gasteiger partial charge in [0.15, 0.2) is 6.61 Å². The molecule has 1 aliphatic carbocycles.